The number of aromatic amines is 1. The number of hydrogen-bond donors (Lipinski definition) is 3. The number of hydrogen-bond acceptors (Lipinski definition) is 2. The van der Waals surface area contributed by atoms with Crippen molar-refractivity contribution in [2.24, 2.45) is 0 Å². The van der Waals surface area contributed by atoms with Gasteiger partial charge in [-0.3, -0.25) is 20.4 Å². The van der Waals surface area contributed by atoms with Crippen molar-refractivity contribution in [3.05, 3.63) is 36.0 Å². The highest BCUT2D eigenvalue weighted by Crippen LogP contribution is 2.16. The Bertz CT molecular complexity index is 545. The first-order chi connectivity index (χ1) is 7.68. The molecule has 0 bridgehead atoms. The molecular formula is C11H11N3O2. The Labute approximate surface area is 91.8 Å². The number of carbonyl (C=O) groups is 2. The van der Waals surface area contributed by atoms with Crippen molar-refractivity contribution < 1.29 is 9.59 Å². The molecule has 0 radical (unpaired) electrons. The van der Waals surface area contributed by atoms with Gasteiger partial charge in [-0.25, -0.2) is 0 Å². The molecule has 0 spiro atoms. The largest absolute Gasteiger partial charge is 0.360 e. The number of rotatable bonds is 1. The van der Waals surface area contributed by atoms with Gasteiger partial charge in [0.2, 0.25) is 5.91 Å². The molecule has 0 aliphatic carbocycles. The zero-order valence-corrected chi connectivity index (χ0v) is 8.70. The summed E-state index contributed by atoms with van der Waals surface area (Å²) in [5.41, 5.74) is 5.95. The van der Waals surface area contributed by atoms with E-state index in [1.807, 2.05) is 24.3 Å². The maximum absolute atomic E-state index is 11.7. The lowest BCUT2D eigenvalue weighted by Gasteiger charge is -2.03. The van der Waals surface area contributed by atoms with Crippen LogP contribution in [0.3, 0.4) is 0 Å². The number of nitrogens with one attached hydrogen (secondary N) is 3. The highest BCUT2D eigenvalue weighted by molar-refractivity contribution is 6.06. The Kier molecular flexibility index (Phi) is 2.59. The molecule has 2 aromatic rings. The van der Waals surface area contributed by atoms with Crippen molar-refractivity contribution in [2.45, 2.75) is 6.92 Å². The molecule has 2 amide bonds. The predicted molar refractivity (Wildman–Crippen MR) is 59.6 cm³/mol. The SMILES string of the molecule is CC(=O)NNC(=O)c1c[nH]c2ccccc12. The standard InChI is InChI=1S/C11H11N3O2/c1-7(15)13-14-11(16)9-6-12-10-5-3-2-4-8(9)10/h2-6,12H,1H3,(H,13,15)(H,14,16). The third-order valence-electron chi connectivity index (χ3n) is 2.19. The number of benzene rings is 1. The zero-order chi connectivity index (χ0) is 11.5. The van der Waals surface area contributed by atoms with Gasteiger partial charge in [0.1, 0.15) is 0 Å². The first-order valence-corrected chi connectivity index (χ1v) is 4.81. The molecule has 0 aliphatic heterocycles. The second-order valence-corrected chi connectivity index (χ2v) is 3.38. The van der Waals surface area contributed by atoms with Crippen molar-refractivity contribution in [1.82, 2.24) is 15.8 Å². The average Bonchev–Trinajstić information content (AvgIpc) is 2.69. The van der Waals surface area contributed by atoms with Gasteiger partial charge in [-0.1, -0.05) is 18.2 Å². The van der Waals surface area contributed by atoms with Gasteiger partial charge in [-0.15, -0.1) is 0 Å². The van der Waals surface area contributed by atoms with Gasteiger partial charge in [0.15, 0.2) is 0 Å². The van der Waals surface area contributed by atoms with Gasteiger partial charge in [0, 0.05) is 24.0 Å². The van der Waals surface area contributed by atoms with E-state index in [-0.39, 0.29) is 11.8 Å². The lowest BCUT2D eigenvalue weighted by Crippen LogP contribution is -2.40. The van der Waals surface area contributed by atoms with Crippen LogP contribution in [0, 0.1) is 0 Å². The molecule has 0 aliphatic rings. The van der Waals surface area contributed by atoms with Gasteiger partial charge in [0.05, 0.1) is 5.56 Å². The summed E-state index contributed by atoms with van der Waals surface area (Å²) in [6.07, 6.45) is 1.61. The second kappa shape index (κ2) is 4.06. The highest BCUT2D eigenvalue weighted by Gasteiger charge is 2.10. The lowest BCUT2D eigenvalue weighted by molar-refractivity contribution is -0.119. The first kappa shape index (κ1) is 10.2. The molecule has 5 heteroatoms. The van der Waals surface area contributed by atoms with Crippen molar-refractivity contribution in [2.75, 3.05) is 0 Å². The van der Waals surface area contributed by atoms with E-state index in [0.717, 1.165) is 10.9 Å². The number of amides is 2. The molecule has 1 heterocycles. The summed E-state index contributed by atoms with van der Waals surface area (Å²) in [5.74, 6) is -0.652. The molecule has 1 aromatic carbocycles. The smallest absolute Gasteiger partial charge is 0.271 e. The average molecular weight is 217 g/mol. The minimum Gasteiger partial charge on any atom is -0.360 e. The first-order valence-electron chi connectivity index (χ1n) is 4.81. The van der Waals surface area contributed by atoms with E-state index < -0.39 is 0 Å². The van der Waals surface area contributed by atoms with Crippen LogP contribution in [-0.2, 0) is 4.79 Å². The molecule has 0 atom stereocenters. The van der Waals surface area contributed by atoms with Crippen molar-refractivity contribution >= 4 is 22.7 Å². The van der Waals surface area contributed by atoms with Crippen molar-refractivity contribution in [1.29, 1.82) is 0 Å². The summed E-state index contributed by atoms with van der Waals surface area (Å²) >= 11 is 0. The third-order valence-corrected chi connectivity index (χ3v) is 2.19. The van der Waals surface area contributed by atoms with Crippen LogP contribution in [0.15, 0.2) is 30.5 Å². The van der Waals surface area contributed by atoms with Crippen LogP contribution in [0.1, 0.15) is 17.3 Å². The fourth-order valence-corrected chi connectivity index (χ4v) is 1.47. The minimum atomic E-state index is -0.340. The van der Waals surface area contributed by atoms with E-state index in [0.29, 0.717) is 5.56 Å². The third kappa shape index (κ3) is 1.88. The molecule has 0 unspecified atom stereocenters. The normalized spacial score (nSPS) is 10.1. The topological polar surface area (TPSA) is 74.0 Å². The molecule has 5 nitrogen and oxygen atoms in total. The number of H-pyrrole nitrogens is 1. The summed E-state index contributed by atoms with van der Waals surface area (Å²) in [4.78, 5) is 25.3. The van der Waals surface area contributed by atoms with E-state index in [1.165, 1.54) is 6.92 Å². The van der Waals surface area contributed by atoms with E-state index in [2.05, 4.69) is 15.8 Å². The molecular weight excluding hydrogens is 206 g/mol. The van der Waals surface area contributed by atoms with Crippen LogP contribution in [0.4, 0.5) is 0 Å². The Morgan fingerprint density at radius 2 is 1.94 bits per heavy atom. The number of fused-ring (bicyclic) bond motifs is 1. The van der Waals surface area contributed by atoms with Crippen LogP contribution in [0.25, 0.3) is 10.9 Å². The predicted octanol–water partition coefficient (Wildman–Crippen LogP) is 0.949. The molecule has 82 valence electrons. The summed E-state index contributed by atoms with van der Waals surface area (Å²) < 4.78 is 0. The molecule has 0 saturated heterocycles. The van der Waals surface area contributed by atoms with Gasteiger partial charge in [-0.2, -0.15) is 0 Å². The van der Waals surface area contributed by atoms with E-state index >= 15 is 0 Å². The number of hydrazine groups is 1. The summed E-state index contributed by atoms with van der Waals surface area (Å²) in [6, 6.07) is 7.46. The molecule has 0 fully saturated rings. The fraction of sp³-hybridized carbons (Fsp3) is 0.0909. The zero-order valence-electron chi connectivity index (χ0n) is 8.70. The quantitative estimate of drug-likeness (QED) is 0.622. The van der Waals surface area contributed by atoms with E-state index in [1.54, 1.807) is 6.20 Å². The molecule has 16 heavy (non-hydrogen) atoms. The fourth-order valence-electron chi connectivity index (χ4n) is 1.47. The van der Waals surface area contributed by atoms with E-state index in [9.17, 15) is 9.59 Å². The minimum absolute atomic E-state index is 0.312. The Balaban J connectivity index is 2.26. The van der Waals surface area contributed by atoms with Crippen molar-refractivity contribution in [3.8, 4) is 0 Å². The van der Waals surface area contributed by atoms with Crippen LogP contribution in [-0.4, -0.2) is 16.8 Å². The summed E-state index contributed by atoms with van der Waals surface area (Å²) in [5, 5.41) is 0.824. The summed E-state index contributed by atoms with van der Waals surface area (Å²) in [6.45, 7) is 1.33. The monoisotopic (exact) mass is 217 g/mol. The van der Waals surface area contributed by atoms with Gasteiger partial charge < -0.3 is 4.98 Å². The van der Waals surface area contributed by atoms with Crippen LogP contribution in [0.5, 0.6) is 0 Å². The Morgan fingerprint density at radius 1 is 1.19 bits per heavy atom. The molecule has 0 saturated carbocycles. The second-order valence-electron chi connectivity index (χ2n) is 3.38. The van der Waals surface area contributed by atoms with Gasteiger partial charge >= 0.3 is 0 Å². The maximum atomic E-state index is 11.7. The van der Waals surface area contributed by atoms with Crippen LogP contribution < -0.4 is 10.9 Å². The Hall–Kier alpha value is -2.30. The highest BCUT2D eigenvalue weighted by atomic mass is 16.2. The van der Waals surface area contributed by atoms with E-state index in [4.69, 9.17) is 0 Å². The van der Waals surface area contributed by atoms with Crippen LogP contribution >= 0.6 is 0 Å². The lowest BCUT2D eigenvalue weighted by atomic mass is 10.2. The molecule has 2 rings (SSSR count). The number of carbonyl (C=O) groups excluding carboxylic acids is 2. The van der Waals surface area contributed by atoms with Gasteiger partial charge in [-0.05, 0) is 6.07 Å². The molecule has 1 aromatic heterocycles. The van der Waals surface area contributed by atoms with Gasteiger partial charge in [0.25, 0.3) is 5.91 Å². The Morgan fingerprint density at radius 3 is 2.69 bits per heavy atom. The van der Waals surface area contributed by atoms with Crippen LogP contribution in [0.2, 0.25) is 0 Å². The van der Waals surface area contributed by atoms with Crippen molar-refractivity contribution in [3.63, 3.8) is 0 Å². The number of aromatic nitrogens is 1. The maximum Gasteiger partial charge on any atom is 0.271 e. The number of para-hydroxylation sites is 1. The molecule has 3 N–H and O–H groups in total. The summed E-state index contributed by atoms with van der Waals surface area (Å²) in [7, 11) is 0.